The Balaban J connectivity index is 2.02. The summed E-state index contributed by atoms with van der Waals surface area (Å²) in [4.78, 5) is 12.0. The minimum atomic E-state index is -0.597. The molecular weight excluding hydrogens is 274 g/mol. The molecule has 0 saturated heterocycles. The molecule has 106 valence electrons. The Morgan fingerprint density at radius 3 is 2.70 bits per heavy atom. The van der Waals surface area contributed by atoms with E-state index < -0.39 is 6.10 Å². The zero-order valence-electron chi connectivity index (χ0n) is 11.9. The van der Waals surface area contributed by atoms with Crippen molar-refractivity contribution in [2.45, 2.75) is 33.8 Å². The normalized spacial score (nSPS) is 12.0. The molecule has 20 heavy (non-hydrogen) atoms. The second-order valence-electron chi connectivity index (χ2n) is 4.64. The van der Waals surface area contributed by atoms with E-state index in [4.69, 9.17) is 4.74 Å². The molecule has 0 aliphatic carbocycles. The summed E-state index contributed by atoms with van der Waals surface area (Å²) in [5.41, 5.74) is 2.10. The van der Waals surface area contributed by atoms with Crippen LogP contribution in [0.4, 0.5) is 5.13 Å². The van der Waals surface area contributed by atoms with Crippen molar-refractivity contribution in [3.05, 3.63) is 34.3 Å². The molecular formula is C14H17N3O2S. The number of carbonyl (C=O) groups is 1. The minimum Gasteiger partial charge on any atom is -0.481 e. The van der Waals surface area contributed by atoms with E-state index in [2.05, 4.69) is 15.5 Å². The predicted molar refractivity (Wildman–Crippen MR) is 79.3 cm³/mol. The Kier molecular flexibility index (Phi) is 4.34. The third kappa shape index (κ3) is 3.54. The molecule has 1 N–H and O–H groups in total. The van der Waals surface area contributed by atoms with Crippen molar-refractivity contribution in [1.82, 2.24) is 10.2 Å². The van der Waals surface area contributed by atoms with Crippen molar-refractivity contribution >= 4 is 22.4 Å². The van der Waals surface area contributed by atoms with Gasteiger partial charge in [0.05, 0.1) is 0 Å². The van der Waals surface area contributed by atoms with Gasteiger partial charge in [0.25, 0.3) is 5.91 Å². The molecule has 1 aromatic heterocycles. The molecule has 6 heteroatoms. The molecule has 0 saturated carbocycles. The van der Waals surface area contributed by atoms with Crippen LogP contribution in [0.25, 0.3) is 0 Å². The molecule has 5 nitrogen and oxygen atoms in total. The Hall–Kier alpha value is -1.95. The van der Waals surface area contributed by atoms with Crippen LogP contribution in [0.3, 0.4) is 0 Å². The maximum atomic E-state index is 12.0. The lowest BCUT2D eigenvalue weighted by Crippen LogP contribution is -2.30. The van der Waals surface area contributed by atoms with Gasteiger partial charge in [-0.2, -0.15) is 0 Å². The summed E-state index contributed by atoms with van der Waals surface area (Å²) in [6.07, 6.45) is -0.597. The van der Waals surface area contributed by atoms with E-state index in [1.54, 1.807) is 6.92 Å². The highest BCUT2D eigenvalue weighted by Gasteiger charge is 2.17. The molecule has 0 aliphatic rings. The SMILES string of the molecule is Cc1ccc(C)c(OC(C)C(=O)Nc2nnc(C)s2)c1. The Morgan fingerprint density at radius 2 is 2.05 bits per heavy atom. The standard InChI is InChI=1S/C14H17N3O2S/c1-8-5-6-9(2)12(7-8)19-10(3)13(18)15-14-17-16-11(4)20-14/h5-7,10H,1-4H3,(H,15,17,18). The molecule has 1 atom stereocenters. The fraction of sp³-hybridized carbons (Fsp3) is 0.357. The van der Waals surface area contributed by atoms with E-state index in [0.717, 1.165) is 21.9 Å². The first-order chi connectivity index (χ1) is 9.45. The first-order valence-electron chi connectivity index (χ1n) is 6.30. The van der Waals surface area contributed by atoms with Gasteiger partial charge in [-0.05, 0) is 44.9 Å². The van der Waals surface area contributed by atoms with Gasteiger partial charge in [0.15, 0.2) is 6.10 Å². The minimum absolute atomic E-state index is 0.234. The topological polar surface area (TPSA) is 64.1 Å². The number of anilines is 1. The number of aromatic nitrogens is 2. The van der Waals surface area contributed by atoms with Gasteiger partial charge in [0, 0.05) is 0 Å². The lowest BCUT2D eigenvalue weighted by atomic mass is 10.1. The summed E-state index contributed by atoms with van der Waals surface area (Å²) in [7, 11) is 0. The second-order valence-corrected chi connectivity index (χ2v) is 5.83. The highest BCUT2D eigenvalue weighted by molar-refractivity contribution is 7.15. The number of amides is 1. The van der Waals surface area contributed by atoms with E-state index >= 15 is 0 Å². The van der Waals surface area contributed by atoms with Gasteiger partial charge in [0.1, 0.15) is 10.8 Å². The van der Waals surface area contributed by atoms with Crippen LogP contribution < -0.4 is 10.1 Å². The molecule has 0 spiro atoms. The highest BCUT2D eigenvalue weighted by atomic mass is 32.1. The van der Waals surface area contributed by atoms with E-state index in [-0.39, 0.29) is 5.91 Å². The van der Waals surface area contributed by atoms with Crippen molar-refractivity contribution in [2.24, 2.45) is 0 Å². The summed E-state index contributed by atoms with van der Waals surface area (Å²) in [6, 6.07) is 5.91. The average molecular weight is 291 g/mol. The number of rotatable bonds is 4. The third-order valence-electron chi connectivity index (χ3n) is 2.77. The van der Waals surface area contributed by atoms with Crippen LogP contribution in [0, 0.1) is 20.8 Å². The van der Waals surface area contributed by atoms with Crippen molar-refractivity contribution < 1.29 is 9.53 Å². The number of nitrogens with one attached hydrogen (secondary N) is 1. The van der Waals surface area contributed by atoms with Gasteiger partial charge in [-0.1, -0.05) is 23.5 Å². The quantitative estimate of drug-likeness (QED) is 0.940. The number of nitrogens with zero attached hydrogens (tertiary/aromatic N) is 2. The van der Waals surface area contributed by atoms with Gasteiger partial charge < -0.3 is 4.74 Å². The number of benzene rings is 1. The maximum Gasteiger partial charge on any atom is 0.266 e. The van der Waals surface area contributed by atoms with Crippen molar-refractivity contribution in [3.8, 4) is 5.75 Å². The Bertz CT molecular complexity index is 625. The Labute approximate surface area is 122 Å². The van der Waals surface area contributed by atoms with E-state index in [1.165, 1.54) is 11.3 Å². The zero-order chi connectivity index (χ0) is 14.7. The predicted octanol–water partition coefficient (Wildman–Crippen LogP) is 2.87. The molecule has 1 heterocycles. The van der Waals surface area contributed by atoms with Gasteiger partial charge in [-0.15, -0.1) is 10.2 Å². The van der Waals surface area contributed by atoms with Crippen LogP contribution in [0.5, 0.6) is 5.75 Å². The van der Waals surface area contributed by atoms with Crippen molar-refractivity contribution in [1.29, 1.82) is 0 Å². The fourth-order valence-corrected chi connectivity index (χ4v) is 2.23. The largest absolute Gasteiger partial charge is 0.481 e. The van der Waals surface area contributed by atoms with Crippen LogP contribution in [0.15, 0.2) is 18.2 Å². The summed E-state index contributed by atoms with van der Waals surface area (Å²) >= 11 is 1.34. The number of ether oxygens (including phenoxy) is 1. The summed E-state index contributed by atoms with van der Waals surface area (Å²) < 4.78 is 5.71. The average Bonchev–Trinajstić information content (AvgIpc) is 2.79. The molecule has 0 aliphatic heterocycles. The van der Waals surface area contributed by atoms with Gasteiger partial charge in [-0.25, -0.2) is 0 Å². The second kappa shape index (κ2) is 6.00. The monoisotopic (exact) mass is 291 g/mol. The van der Waals surface area contributed by atoms with Crippen molar-refractivity contribution in [3.63, 3.8) is 0 Å². The van der Waals surface area contributed by atoms with Gasteiger partial charge >= 0.3 is 0 Å². The van der Waals surface area contributed by atoms with Crippen molar-refractivity contribution in [2.75, 3.05) is 5.32 Å². The zero-order valence-corrected chi connectivity index (χ0v) is 12.7. The van der Waals surface area contributed by atoms with Crippen LogP contribution in [0.1, 0.15) is 23.1 Å². The summed E-state index contributed by atoms with van der Waals surface area (Å²) in [5, 5.41) is 11.7. The van der Waals surface area contributed by atoms with Crippen LogP contribution in [-0.2, 0) is 4.79 Å². The molecule has 2 aromatic rings. The van der Waals surface area contributed by atoms with E-state index in [0.29, 0.717) is 5.13 Å². The van der Waals surface area contributed by atoms with Crippen LogP contribution in [0.2, 0.25) is 0 Å². The summed E-state index contributed by atoms with van der Waals surface area (Å²) in [5.74, 6) is 0.489. The lowest BCUT2D eigenvalue weighted by Gasteiger charge is -2.15. The Morgan fingerprint density at radius 1 is 1.30 bits per heavy atom. The van der Waals surface area contributed by atoms with E-state index in [1.807, 2.05) is 39.0 Å². The highest BCUT2D eigenvalue weighted by Crippen LogP contribution is 2.21. The first kappa shape index (κ1) is 14.5. The molecule has 0 radical (unpaired) electrons. The third-order valence-corrected chi connectivity index (χ3v) is 3.53. The van der Waals surface area contributed by atoms with Gasteiger partial charge in [-0.3, -0.25) is 10.1 Å². The van der Waals surface area contributed by atoms with E-state index in [9.17, 15) is 4.79 Å². The summed E-state index contributed by atoms with van der Waals surface area (Å²) in [6.45, 7) is 7.49. The van der Waals surface area contributed by atoms with Crippen LogP contribution in [-0.4, -0.2) is 22.2 Å². The molecule has 2 rings (SSSR count). The maximum absolute atomic E-state index is 12.0. The number of carbonyl (C=O) groups excluding carboxylic acids is 1. The van der Waals surface area contributed by atoms with Crippen LogP contribution >= 0.6 is 11.3 Å². The molecule has 1 unspecified atom stereocenters. The van der Waals surface area contributed by atoms with Gasteiger partial charge in [0.2, 0.25) is 5.13 Å². The smallest absolute Gasteiger partial charge is 0.266 e. The molecule has 1 aromatic carbocycles. The number of aryl methyl sites for hydroxylation is 3. The molecule has 0 bridgehead atoms. The fourth-order valence-electron chi connectivity index (χ4n) is 1.63. The first-order valence-corrected chi connectivity index (χ1v) is 7.12. The number of hydrogen-bond acceptors (Lipinski definition) is 5. The molecule has 0 fully saturated rings. The molecule has 1 amide bonds. The number of hydrogen-bond donors (Lipinski definition) is 1. The lowest BCUT2D eigenvalue weighted by molar-refractivity contribution is -0.122.